The van der Waals surface area contributed by atoms with Crippen LogP contribution in [0.2, 0.25) is 0 Å². The van der Waals surface area contributed by atoms with Gasteiger partial charge in [0.1, 0.15) is 0 Å². The highest BCUT2D eigenvalue weighted by atomic mass is 32.2. The zero-order valence-electron chi connectivity index (χ0n) is 12.7. The molecule has 20 heavy (non-hydrogen) atoms. The predicted molar refractivity (Wildman–Crippen MR) is 87.1 cm³/mol. The number of hydrogen-bond acceptors (Lipinski definition) is 3. The van der Waals surface area contributed by atoms with Crippen LogP contribution in [0.5, 0.6) is 0 Å². The lowest BCUT2D eigenvalue weighted by molar-refractivity contribution is -0.130. The molecule has 0 aromatic heterocycles. The van der Waals surface area contributed by atoms with Crippen LogP contribution in [0.4, 0.5) is 0 Å². The van der Waals surface area contributed by atoms with Crippen LogP contribution in [0.15, 0.2) is 12.7 Å². The van der Waals surface area contributed by atoms with Crippen molar-refractivity contribution in [3.05, 3.63) is 12.7 Å². The minimum Gasteiger partial charge on any atom is -0.340 e. The summed E-state index contributed by atoms with van der Waals surface area (Å²) in [4.78, 5) is 17.1. The topological polar surface area (TPSA) is 23.6 Å². The Hall–Kier alpha value is -0.480. The minimum absolute atomic E-state index is 0.0611. The van der Waals surface area contributed by atoms with Crippen molar-refractivity contribution >= 4 is 17.7 Å². The Balaban J connectivity index is 1.82. The third-order valence-electron chi connectivity index (χ3n) is 4.50. The quantitative estimate of drug-likeness (QED) is 0.729. The third-order valence-corrected chi connectivity index (χ3v) is 5.62. The second kappa shape index (κ2) is 8.08. The highest BCUT2D eigenvalue weighted by Crippen LogP contribution is 2.24. The van der Waals surface area contributed by atoms with Crippen LogP contribution in [0.1, 0.15) is 39.0 Å². The van der Waals surface area contributed by atoms with Gasteiger partial charge < -0.3 is 4.90 Å². The maximum atomic E-state index is 12.4. The monoisotopic (exact) mass is 296 g/mol. The summed E-state index contributed by atoms with van der Waals surface area (Å²) < 4.78 is 0. The molecular weight excluding hydrogens is 268 g/mol. The van der Waals surface area contributed by atoms with Gasteiger partial charge in [-0.3, -0.25) is 9.69 Å². The molecule has 3 nitrogen and oxygen atoms in total. The lowest BCUT2D eigenvalue weighted by atomic mass is 10.2. The summed E-state index contributed by atoms with van der Waals surface area (Å²) in [6.07, 6.45) is 8.50. The van der Waals surface area contributed by atoms with Crippen molar-refractivity contribution in [1.29, 1.82) is 0 Å². The molecule has 114 valence electrons. The van der Waals surface area contributed by atoms with Gasteiger partial charge in [0.15, 0.2) is 0 Å². The molecule has 0 aromatic carbocycles. The molecule has 1 saturated carbocycles. The van der Waals surface area contributed by atoms with Crippen LogP contribution in [-0.2, 0) is 4.79 Å². The Bertz CT molecular complexity index is 328. The predicted octanol–water partition coefficient (Wildman–Crippen LogP) is 2.77. The van der Waals surface area contributed by atoms with Gasteiger partial charge in [-0.15, -0.1) is 18.3 Å². The Morgan fingerprint density at radius 2 is 2.00 bits per heavy atom. The molecular formula is C16H28N2OS. The molecule has 1 aliphatic heterocycles. The summed E-state index contributed by atoms with van der Waals surface area (Å²) >= 11 is 1.69. The van der Waals surface area contributed by atoms with E-state index in [0.717, 1.165) is 37.8 Å². The first-order valence-electron chi connectivity index (χ1n) is 7.97. The van der Waals surface area contributed by atoms with Gasteiger partial charge >= 0.3 is 0 Å². The lowest BCUT2D eigenvalue weighted by Gasteiger charge is -2.27. The van der Waals surface area contributed by atoms with E-state index in [2.05, 4.69) is 16.4 Å². The highest BCUT2D eigenvalue weighted by molar-refractivity contribution is 8.00. The summed E-state index contributed by atoms with van der Waals surface area (Å²) in [5.74, 6) is 1.17. The summed E-state index contributed by atoms with van der Waals surface area (Å²) in [6, 6.07) is 0.789. The molecule has 0 bridgehead atoms. The zero-order valence-corrected chi connectivity index (χ0v) is 13.5. The summed E-state index contributed by atoms with van der Waals surface area (Å²) in [6.45, 7) is 9.82. The van der Waals surface area contributed by atoms with E-state index in [1.807, 2.05) is 13.0 Å². The van der Waals surface area contributed by atoms with E-state index < -0.39 is 0 Å². The molecule has 2 fully saturated rings. The van der Waals surface area contributed by atoms with E-state index in [1.54, 1.807) is 11.8 Å². The van der Waals surface area contributed by atoms with Crippen molar-refractivity contribution in [1.82, 2.24) is 9.80 Å². The van der Waals surface area contributed by atoms with Crippen LogP contribution in [0.25, 0.3) is 0 Å². The Morgan fingerprint density at radius 1 is 1.25 bits per heavy atom. The molecule has 0 radical (unpaired) electrons. The Kier molecular flexibility index (Phi) is 6.43. The number of hydrogen-bond donors (Lipinski definition) is 0. The van der Waals surface area contributed by atoms with Gasteiger partial charge in [0.05, 0.1) is 5.25 Å². The largest absolute Gasteiger partial charge is 0.340 e. The van der Waals surface area contributed by atoms with Gasteiger partial charge in [-0.2, -0.15) is 0 Å². The van der Waals surface area contributed by atoms with Crippen molar-refractivity contribution in [2.75, 3.05) is 31.9 Å². The molecule has 1 atom stereocenters. The van der Waals surface area contributed by atoms with Crippen LogP contribution >= 0.6 is 11.8 Å². The minimum atomic E-state index is 0.0611. The van der Waals surface area contributed by atoms with E-state index in [1.165, 1.54) is 32.2 Å². The van der Waals surface area contributed by atoms with Gasteiger partial charge in [-0.25, -0.2) is 0 Å². The molecule has 1 aliphatic carbocycles. The molecule has 1 heterocycles. The van der Waals surface area contributed by atoms with Crippen LogP contribution in [0.3, 0.4) is 0 Å². The fourth-order valence-corrected chi connectivity index (χ4v) is 4.05. The average molecular weight is 296 g/mol. The molecule has 2 aliphatic rings. The van der Waals surface area contributed by atoms with Gasteiger partial charge in [0.2, 0.25) is 5.91 Å². The maximum Gasteiger partial charge on any atom is 0.235 e. The maximum absolute atomic E-state index is 12.4. The van der Waals surface area contributed by atoms with E-state index in [9.17, 15) is 4.79 Å². The van der Waals surface area contributed by atoms with Crippen molar-refractivity contribution in [3.8, 4) is 0 Å². The van der Waals surface area contributed by atoms with Gasteiger partial charge in [0.25, 0.3) is 0 Å². The molecule has 0 aromatic rings. The SMILES string of the molecule is C=CCS[C@H](C)C(=O)N1CCCN(C2CCCC2)CC1. The van der Waals surface area contributed by atoms with Crippen molar-refractivity contribution in [3.63, 3.8) is 0 Å². The second-order valence-corrected chi connectivity index (χ2v) is 7.29. The first-order chi connectivity index (χ1) is 9.72. The molecule has 2 rings (SSSR count). The number of nitrogens with zero attached hydrogens (tertiary/aromatic N) is 2. The fraction of sp³-hybridized carbons (Fsp3) is 0.812. The van der Waals surface area contributed by atoms with Crippen molar-refractivity contribution in [2.24, 2.45) is 0 Å². The second-order valence-electron chi connectivity index (χ2n) is 5.92. The van der Waals surface area contributed by atoms with Gasteiger partial charge in [-0.1, -0.05) is 18.9 Å². The van der Waals surface area contributed by atoms with Gasteiger partial charge in [0, 0.05) is 38.0 Å². The number of carbonyl (C=O) groups excluding carboxylic acids is 1. The first-order valence-corrected chi connectivity index (χ1v) is 9.02. The van der Waals surface area contributed by atoms with Crippen molar-refractivity contribution < 1.29 is 4.79 Å². The molecule has 0 N–H and O–H groups in total. The van der Waals surface area contributed by atoms with E-state index in [4.69, 9.17) is 0 Å². The van der Waals surface area contributed by atoms with Crippen molar-refractivity contribution in [2.45, 2.75) is 50.3 Å². The summed E-state index contributed by atoms with van der Waals surface area (Å²) in [5, 5.41) is 0.0611. The van der Waals surface area contributed by atoms with E-state index >= 15 is 0 Å². The number of amides is 1. The Labute approximate surface area is 127 Å². The van der Waals surface area contributed by atoms with Crippen LogP contribution < -0.4 is 0 Å². The summed E-state index contributed by atoms with van der Waals surface area (Å²) in [7, 11) is 0. The van der Waals surface area contributed by atoms with E-state index in [-0.39, 0.29) is 5.25 Å². The lowest BCUT2D eigenvalue weighted by Crippen LogP contribution is -2.41. The number of carbonyl (C=O) groups is 1. The molecule has 0 unspecified atom stereocenters. The van der Waals surface area contributed by atoms with E-state index in [0.29, 0.717) is 5.91 Å². The first kappa shape index (κ1) is 15.9. The van der Waals surface area contributed by atoms with Crippen LogP contribution in [0, 0.1) is 0 Å². The Morgan fingerprint density at radius 3 is 2.70 bits per heavy atom. The summed E-state index contributed by atoms with van der Waals surface area (Å²) in [5.41, 5.74) is 0. The molecule has 1 saturated heterocycles. The zero-order chi connectivity index (χ0) is 14.4. The smallest absolute Gasteiger partial charge is 0.235 e. The molecule has 0 spiro atoms. The standard InChI is InChI=1S/C16H28N2OS/c1-3-13-20-14(2)16(19)18-10-6-9-17(11-12-18)15-7-4-5-8-15/h3,14-15H,1,4-13H2,2H3/t14-/m1/s1. The third kappa shape index (κ3) is 4.26. The molecule has 1 amide bonds. The molecule has 4 heteroatoms. The van der Waals surface area contributed by atoms with Crippen LogP contribution in [-0.4, -0.2) is 58.9 Å². The fourth-order valence-electron chi connectivity index (χ4n) is 3.33. The number of rotatable bonds is 5. The highest BCUT2D eigenvalue weighted by Gasteiger charge is 2.27. The normalized spacial score (nSPS) is 23.6. The van der Waals surface area contributed by atoms with Gasteiger partial charge in [-0.05, 0) is 26.2 Å². The number of thioether (sulfide) groups is 1. The average Bonchev–Trinajstić information content (AvgIpc) is 2.88.